The van der Waals surface area contributed by atoms with Crippen LogP contribution >= 0.6 is 11.6 Å². The number of aromatic nitrogens is 1. The second-order valence-electron chi connectivity index (χ2n) is 7.16. The minimum atomic E-state index is -0.0610. The number of halogens is 1. The van der Waals surface area contributed by atoms with Crippen molar-refractivity contribution < 1.29 is 4.79 Å². The van der Waals surface area contributed by atoms with Crippen LogP contribution in [0.5, 0.6) is 0 Å². The van der Waals surface area contributed by atoms with Gasteiger partial charge in [-0.3, -0.25) is 4.79 Å². The second-order valence-corrected chi connectivity index (χ2v) is 7.56. The van der Waals surface area contributed by atoms with Crippen LogP contribution in [-0.2, 0) is 6.42 Å². The number of amides is 1. The van der Waals surface area contributed by atoms with Gasteiger partial charge >= 0.3 is 0 Å². The Morgan fingerprint density at radius 1 is 1.21 bits per heavy atom. The Labute approximate surface area is 175 Å². The van der Waals surface area contributed by atoms with E-state index >= 15 is 0 Å². The van der Waals surface area contributed by atoms with E-state index in [9.17, 15) is 4.79 Å². The summed E-state index contributed by atoms with van der Waals surface area (Å²) < 4.78 is 0. The van der Waals surface area contributed by atoms with Gasteiger partial charge in [-0.15, -0.1) is 0 Å². The van der Waals surface area contributed by atoms with Gasteiger partial charge in [0.1, 0.15) is 0 Å². The average molecular weight is 402 g/mol. The molecule has 29 heavy (non-hydrogen) atoms. The van der Waals surface area contributed by atoms with Crippen LogP contribution in [-0.4, -0.2) is 29.4 Å². The molecule has 0 radical (unpaired) electrons. The quantitative estimate of drug-likeness (QED) is 0.591. The molecular formula is C24H20ClN3O. The van der Waals surface area contributed by atoms with E-state index in [0.29, 0.717) is 23.6 Å². The van der Waals surface area contributed by atoms with Gasteiger partial charge < -0.3 is 4.90 Å². The van der Waals surface area contributed by atoms with Crippen LogP contribution in [0.25, 0.3) is 22.6 Å². The third-order valence-electron chi connectivity index (χ3n) is 5.30. The first kappa shape index (κ1) is 19.2. The predicted octanol–water partition coefficient (Wildman–Crippen LogP) is 5.36. The molecule has 0 unspecified atom stereocenters. The molecule has 0 N–H and O–H groups in total. The number of carbonyl (C=O) groups excluding carboxylic acids is 1. The fraction of sp³-hybridized carbons (Fsp3) is 0.208. The maximum atomic E-state index is 13.3. The summed E-state index contributed by atoms with van der Waals surface area (Å²) in [5.74, 6) is -0.0610. The number of carbonyl (C=O) groups is 1. The fourth-order valence-electron chi connectivity index (χ4n) is 3.81. The van der Waals surface area contributed by atoms with Gasteiger partial charge in [0.05, 0.1) is 29.3 Å². The number of rotatable bonds is 4. The maximum absolute atomic E-state index is 13.3. The van der Waals surface area contributed by atoms with Crippen molar-refractivity contribution in [1.82, 2.24) is 9.88 Å². The topological polar surface area (TPSA) is 57.0 Å². The van der Waals surface area contributed by atoms with E-state index in [1.165, 1.54) is 0 Å². The summed E-state index contributed by atoms with van der Waals surface area (Å²) in [5, 5.41) is 10.4. The molecule has 3 aromatic rings. The third-order valence-corrected chi connectivity index (χ3v) is 5.64. The molecule has 1 aromatic heterocycles. The summed E-state index contributed by atoms with van der Waals surface area (Å²) in [6.07, 6.45) is 3.96. The predicted molar refractivity (Wildman–Crippen MR) is 117 cm³/mol. The van der Waals surface area contributed by atoms with E-state index in [0.717, 1.165) is 46.1 Å². The Bertz CT molecular complexity index is 1180. The van der Waals surface area contributed by atoms with Crippen molar-refractivity contribution in [2.24, 2.45) is 0 Å². The molecule has 144 valence electrons. The minimum Gasteiger partial charge on any atom is -0.341 e. The number of allylic oxidation sites excluding steroid dienone is 1. The summed E-state index contributed by atoms with van der Waals surface area (Å²) >= 11 is 6.34. The smallest absolute Gasteiger partial charge is 0.254 e. The molecule has 0 atom stereocenters. The monoisotopic (exact) mass is 401 g/mol. The number of para-hydroxylation sites is 1. The number of pyridine rings is 1. The minimum absolute atomic E-state index is 0.0610. The molecule has 5 heteroatoms. The van der Waals surface area contributed by atoms with Gasteiger partial charge in [0.15, 0.2) is 0 Å². The molecule has 0 bridgehead atoms. The van der Waals surface area contributed by atoms with Gasteiger partial charge in [-0.25, -0.2) is 4.98 Å². The normalized spacial score (nSPS) is 14.0. The lowest BCUT2D eigenvalue weighted by Gasteiger charge is -2.19. The lowest BCUT2D eigenvalue weighted by molar-refractivity contribution is 0.0799. The molecule has 2 aromatic carbocycles. The highest BCUT2D eigenvalue weighted by Gasteiger charge is 2.28. The highest BCUT2D eigenvalue weighted by Crippen LogP contribution is 2.38. The van der Waals surface area contributed by atoms with Crippen LogP contribution in [0, 0.1) is 11.3 Å². The van der Waals surface area contributed by atoms with Crippen molar-refractivity contribution in [3.63, 3.8) is 0 Å². The van der Waals surface area contributed by atoms with Crippen molar-refractivity contribution in [2.75, 3.05) is 13.6 Å². The van der Waals surface area contributed by atoms with Gasteiger partial charge in [-0.2, -0.15) is 5.26 Å². The van der Waals surface area contributed by atoms with Crippen molar-refractivity contribution in [2.45, 2.75) is 19.3 Å². The summed E-state index contributed by atoms with van der Waals surface area (Å²) in [5.41, 5.74) is 5.40. The van der Waals surface area contributed by atoms with Crippen LogP contribution in [0.4, 0.5) is 0 Å². The van der Waals surface area contributed by atoms with E-state index < -0.39 is 0 Å². The zero-order valence-corrected chi connectivity index (χ0v) is 16.9. The molecule has 0 fully saturated rings. The van der Waals surface area contributed by atoms with Crippen LogP contribution < -0.4 is 0 Å². The number of fused-ring (bicyclic) bond motifs is 2. The van der Waals surface area contributed by atoms with E-state index in [2.05, 4.69) is 12.1 Å². The lowest BCUT2D eigenvalue weighted by Crippen LogP contribution is -2.28. The van der Waals surface area contributed by atoms with E-state index in [1.807, 2.05) is 48.5 Å². The van der Waals surface area contributed by atoms with Gasteiger partial charge in [-0.05, 0) is 47.8 Å². The van der Waals surface area contributed by atoms with E-state index in [4.69, 9.17) is 21.8 Å². The Balaban J connectivity index is 1.87. The molecule has 0 spiro atoms. The summed E-state index contributed by atoms with van der Waals surface area (Å²) in [7, 11) is 1.75. The SMILES string of the molecule is CN(CCC#N)C(=O)c1c2c(nc3ccccc13)C(=Cc1ccccc1Cl)CC2. The molecular weight excluding hydrogens is 382 g/mol. The van der Waals surface area contributed by atoms with Crippen molar-refractivity contribution in [3.8, 4) is 6.07 Å². The first-order valence-electron chi connectivity index (χ1n) is 9.59. The highest BCUT2D eigenvalue weighted by atomic mass is 35.5. The highest BCUT2D eigenvalue weighted by molar-refractivity contribution is 6.32. The molecule has 1 aliphatic rings. The van der Waals surface area contributed by atoms with E-state index in [1.54, 1.807) is 11.9 Å². The van der Waals surface area contributed by atoms with Crippen LogP contribution in [0.2, 0.25) is 5.02 Å². The fourth-order valence-corrected chi connectivity index (χ4v) is 4.00. The van der Waals surface area contributed by atoms with Crippen molar-refractivity contribution >= 4 is 40.1 Å². The van der Waals surface area contributed by atoms with Crippen LogP contribution in [0.1, 0.15) is 40.0 Å². The number of benzene rings is 2. The molecule has 0 saturated carbocycles. The molecule has 0 saturated heterocycles. The Kier molecular flexibility index (Phi) is 5.33. The van der Waals surface area contributed by atoms with Gasteiger partial charge in [0.25, 0.3) is 5.91 Å². The lowest BCUT2D eigenvalue weighted by atomic mass is 9.99. The first-order valence-corrected chi connectivity index (χ1v) is 9.97. The summed E-state index contributed by atoms with van der Waals surface area (Å²) in [4.78, 5) is 19.8. The molecule has 4 rings (SSSR count). The molecule has 1 heterocycles. The first-order chi connectivity index (χ1) is 14.1. The Morgan fingerprint density at radius 3 is 2.76 bits per heavy atom. The van der Waals surface area contributed by atoms with Crippen molar-refractivity contribution in [3.05, 3.63) is 75.9 Å². The van der Waals surface area contributed by atoms with Gasteiger partial charge in [0.2, 0.25) is 0 Å². The van der Waals surface area contributed by atoms with Gasteiger partial charge in [0, 0.05) is 24.0 Å². The zero-order chi connectivity index (χ0) is 20.4. The molecule has 4 nitrogen and oxygen atoms in total. The number of nitrogens with zero attached hydrogens (tertiary/aromatic N) is 3. The Morgan fingerprint density at radius 2 is 1.97 bits per heavy atom. The van der Waals surface area contributed by atoms with Crippen LogP contribution in [0.15, 0.2) is 48.5 Å². The Hall–Kier alpha value is -3.16. The van der Waals surface area contributed by atoms with E-state index in [-0.39, 0.29) is 5.91 Å². The van der Waals surface area contributed by atoms with Crippen molar-refractivity contribution in [1.29, 1.82) is 5.26 Å². The zero-order valence-electron chi connectivity index (χ0n) is 16.2. The van der Waals surface area contributed by atoms with Gasteiger partial charge in [-0.1, -0.05) is 48.0 Å². The molecule has 1 amide bonds. The average Bonchev–Trinajstić information content (AvgIpc) is 3.13. The summed E-state index contributed by atoms with van der Waals surface area (Å²) in [6.45, 7) is 0.406. The third kappa shape index (κ3) is 3.62. The summed E-state index contributed by atoms with van der Waals surface area (Å²) in [6, 6.07) is 17.6. The number of hydrogen-bond donors (Lipinski definition) is 0. The second kappa shape index (κ2) is 8.06. The largest absolute Gasteiger partial charge is 0.341 e. The number of nitriles is 1. The standard InChI is InChI=1S/C24H20ClN3O/c1-28(14-6-13-26)24(29)22-18-8-3-5-10-21(18)27-23-17(11-12-19(22)23)15-16-7-2-4-9-20(16)25/h2-5,7-10,15H,6,11-12,14H2,1H3. The molecule has 0 aliphatic heterocycles. The maximum Gasteiger partial charge on any atom is 0.254 e. The van der Waals surface area contributed by atoms with Crippen LogP contribution in [0.3, 0.4) is 0 Å². The molecule has 1 aliphatic carbocycles. The number of hydrogen-bond acceptors (Lipinski definition) is 3.